The molecule has 0 spiro atoms. The van der Waals surface area contributed by atoms with Crippen molar-refractivity contribution in [3.05, 3.63) is 106 Å². The standard InChI is InChI=1S/2C16H15.C2H4.2ClH.Ti/c2*1-11(2)14-9-13-8-7-12-5-3-4-6-15(12)16(13)10-14;1-2;;;/h2*3-11H,1-2H3;1-2H2;2*1H;/q;;;;;+2/p-2. The Kier molecular flexibility index (Phi) is 7.04. The number of rotatable bonds is 4. The van der Waals surface area contributed by atoms with Crippen LogP contribution < -0.4 is 24.8 Å². The molecule has 3 aliphatic rings. The van der Waals surface area contributed by atoms with Gasteiger partial charge in [0.1, 0.15) is 0 Å². The van der Waals surface area contributed by atoms with Crippen molar-refractivity contribution < 1.29 is 41.4 Å². The van der Waals surface area contributed by atoms with E-state index in [0.29, 0.717) is 20.3 Å². The van der Waals surface area contributed by atoms with E-state index in [2.05, 4.69) is 113 Å². The first kappa shape index (κ1) is 26.8. The largest absolute Gasteiger partial charge is 1.00 e. The molecule has 0 bridgehead atoms. The molecule has 7 rings (SSSR count). The van der Waals surface area contributed by atoms with Crippen molar-refractivity contribution in [2.24, 2.45) is 11.8 Å². The topological polar surface area (TPSA) is 0 Å². The smallest absolute Gasteiger partial charge is 1.00 e. The molecule has 4 aromatic carbocycles. The molecule has 0 nitrogen and oxygen atoms in total. The van der Waals surface area contributed by atoms with Crippen molar-refractivity contribution >= 4 is 33.7 Å². The maximum atomic E-state index is 2.62. The van der Waals surface area contributed by atoms with E-state index in [1.807, 2.05) is 0 Å². The molecule has 2 unspecified atom stereocenters. The van der Waals surface area contributed by atoms with Gasteiger partial charge in [-0.1, -0.05) is 0 Å². The molecule has 37 heavy (non-hydrogen) atoms. The molecule has 3 heteroatoms. The molecule has 0 radical (unpaired) electrons. The fourth-order valence-corrected chi connectivity index (χ4v) is 18.2. The number of fused-ring (bicyclic) bond motifs is 6. The van der Waals surface area contributed by atoms with E-state index in [4.69, 9.17) is 0 Å². The summed E-state index contributed by atoms with van der Waals surface area (Å²) in [5.41, 5.74) is 9.82. The Balaban J connectivity index is 0.00000140. The molecule has 4 aromatic rings. The molecule has 1 heterocycles. The van der Waals surface area contributed by atoms with Crippen LogP contribution in [-0.2, 0) is 16.6 Å². The van der Waals surface area contributed by atoms with Crippen molar-refractivity contribution in [3.63, 3.8) is 0 Å². The average molecular weight is 561 g/mol. The summed E-state index contributed by atoms with van der Waals surface area (Å²) < 4.78 is 4.39. The van der Waals surface area contributed by atoms with Crippen LogP contribution in [0.3, 0.4) is 0 Å². The summed E-state index contributed by atoms with van der Waals surface area (Å²) in [7, 11) is 0. The van der Waals surface area contributed by atoms with Crippen molar-refractivity contribution in [1.82, 2.24) is 0 Å². The van der Waals surface area contributed by atoms with E-state index < -0.39 is 16.6 Å². The van der Waals surface area contributed by atoms with Crippen LogP contribution in [0.2, 0.25) is 9.45 Å². The Labute approximate surface area is 237 Å². The van der Waals surface area contributed by atoms with Gasteiger partial charge in [0.05, 0.1) is 0 Å². The van der Waals surface area contributed by atoms with Gasteiger partial charge in [-0.15, -0.1) is 0 Å². The van der Waals surface area contributed by atoms with Gasteiger partial charge in [-0.2, -0.15) is 0 Å². The number of hydrogen-bond acceptors (Lipinski definition) is 0. The summed E-state index contributed by atoms with van der Waals surface area (Å²) >= 11 is -2.33. The molecular weight excluding hydrogens is 527 g/mol. The summed E-state index contributed by atoms with van der Waals surface area (Å²) in [6, 6.07) is 27.8. The van der Waals surface area contributed by atoms with Crippen LogP contribution in [0.4, 0.5) is 0 Å². The van der Waals surface area contributed by atoms with Gasteiger partial charge in [-0.3, -0.25) is 0 Å². The second kappa shape index (κ2) is 9.73. The number of hydrogen-bond donors (Lipinski definition) is 0. The third-order valence-corrected chi connectivity index (χ3v) is 17.4. The average Bonchev–Trinajstić information content (AvgIpc) is 3.38. The van der Waals surface area contributed by atoms with Crippen LogP contribution in [0.5, 0.6) is 0 Å². The summed E-state index contributed by atoms with van der Waals surface area (Å²) in [6.45, 7) is 9.72. The Morgan fingerprint density at radius 1 is 0.568 bits per heavy atom. The molecule has 0 N–H and O–H groups in total. The summed E-state index contributed by atoms with van der Waals surface area (Å²) in [5.74, 6) is 1.19. The first-order valence-corrected chi connectivity index (χ1v) is 17.5. The first-order chi connectivity index (χ1) is 17.0. The SMILES string of the molecule is CC(C)C1=Cc2c(ccc3ccccc23)[CH]1[Ti+2]1([CH]2C(C(C)C)=Cc3c2ccc2ccccc32)[CH2][CH2]1.[Cl-].[Cl-]. The maximum Gasteiger partial charge on any atom is -1.00 e. The maximum absolute atomic E-state index is 2.62. The number of allylic oxidation sites excluding steroid dienone is 2. The van der Waals surface area contributed by atoms with Crippen LogP contribution in [0.25, 0.3) is 33.7 Å². The minimum Gasteiger partial charge on any atom is -1.00 e. The zero-order valence-corrected chi connectivity index (χ0v) is 25.1. The van der Waals surface area contributed by atoms with Crippen LogP contribution in [0.15, 0.2) is 83.9 Å². The summed E-state index contributed by atoms with van der Waals surface area (Å²) in [6.07, 6.45) is 5.24. The molecule has 0 amide bonds. The van der Waals surface area contributed by atoms with Crippen LogP contribution in [0.1, 0.15) is 58.4 Å². The predicted molar refractivity (Wildman–Crippen MR) is 149 cm³/mol. The molecule has 1 saturated heterocycles. The number of halogens is 2. The monoisotopic (exact) mass is 560 g/mol. The fraction of sp³-hybridized carbons (Fsp3) is 0.294. The fourth-order valence-electron chi connectivity index (χ4n) is 7.48. The van der Waals surface area contributed by atoms with Crippen molar-refractivity contribution in [2.45, 2.75) is 45.6 Å². The van der Waals surface area contributed by atoms with E-state index in [0.717, 1.165) is 0 Å². The van der Waals surface area contributed by atoms with Gasteiger partial charge >= 0.3 is 214 Å². The molecule has 2 atom stereocenters. The molecular formula is C34H34Cl2Ti. The Morgan fingerprint density at radius 2 is 0.973 bits per heavy atom. The minimum atomic E-state index is -2.33. The van der Waals surface area contributed by atoms with E-state index in [9.17, 15) is 0 Å². The van der Waals surface area contributed by atoms with Gasteiger partial charge in [-0.25, -0.2) is 0 Å². The molecule has 1 fully saturated rings. The number of benzene rings is 4. The zero-order valence-electron chi connectivity index (χ0n) is 22.1. The molecule has 1 aliphatic heterocycles. The third-order valence-electron chi connectivity index (χ3n) is 9.23. The van der Waals surface area contributed by atoms with Crippen molar-refractivity contribution in [1.29, 1.82) is 0 Å². The van der Waals surface area contributed by atoms with E-state index in [-0.39, 0.29) is 24.8 Å². The quantitative estimate of drug-likeness (QED) is 0.332. The van der Waals surface area contributed by atoms with Gasteiger partial charge in [0.2, 0.25) is 0 Å². The van der Waals surface area contributed by atoms with Crippen molar-refractivity contribution in [2.75, 3.05) is 0 Å². The predicted octanol–water partition coefficient (Wildman–Crippen LogP) is 3.89. The van der Waals surface area contributed by atoms with Gasteiger partial charge in [-0.05, 0) is 0 Å². The van der Waals surface area contributed by atoms with Crippen LogP contribution >= 0.6 is 0 Å². The van der Waals surface area contributed by atoms with Gasteiger partial charge in [0.15, 0.2) is 0 Å². The van der Waals surface area contributed by atoms with Gasteiger partial charge in [0.25, 0.3) is 0 Å². The van der Waals surface area contributed by atoms with E-state index in [1.165, 1.54) is 42.1 Å². The third kappa shape index (κ3) is 3.91. The molecule has 2 aliphatic carbocycles. The van der Waals surface area contributed by atoms with Crippen LogP contribution in [0, 0.1) is 11.8 Å². The second-order valence-electron chi connectivity index (χ2n) is 11.8. The first-order valence-electron chi connectivity index (χ1n) is 13.5. The van der Waals surface area contributed by atoms with Gasteiger partial charge < -0.3 is 24.8 Å². The molecule has 0 aromatic heterocycles. The summed E-state index contributed by atoms with van der Waals surface area (Å²) in [4.78, 5) is 0. The molecule has 0 saturated carbocycles. The zero-order chi connectivity index (χ0) is 23.9. The normalized spacial score (nSPS) is 19.9. The second-order valence-corrected chi connectivity index (χ2v) is 19.0. The minimum absolute atomic E-state index is 0. The Bertz CT molecular complexity index is 1460. The van der Waals surface area contributed by atoms with Gasteiger partial charge in [0, 0.05) is 0 Å². The van der Waals surface area contributed by atoms with E-state index in [1.54, 1.807) is 22.3 Å². The van der Waals surface area contributed by atoms with E-state index >= 15 is 0 Å². The molecule has 188 valence electrons. The van der Waals surface area contributed by atoms with Crippen molar-refractivity contribution in [3.8, 4) is 0 Å². The Hall–Kier alpha value is -1.83. The summed E-state index contributed by atoms with van der Waals surface area (Å²) in [5, 5.41) is 5.65. The van der Waals surface area contributed by atoms with Crippen LogP contribution in [-0.4, -0.2) is 0 Å². The Morgan fingerprint density at radius 3 is 1.35 bits per heavy atom.